The molecule has 0 bridgehead atoms. The lowest BCUT2D eigenvalue weighted by Crippen LogP contribution is -2.15. The third kappa shape index (κ3) is 3.55. The highest BCUT2D eigenvalue weighted by molar-refractivity contribution is 5.27. The number of hydrogen-bond acceptors (Lipinski definition) is 2. The van der Waals surface area contributed by atoms with Crippen molar-refractivity contribution in [3.05, 3.63) is 35.4 Å². The third-order valence-corrected chi connectivity index (χ3v) is 3.59. The van der Waals surface area contributed by atoms with Gasteiger partial charge in [-0.15, -0.1) is 0 Å². The van der Waals surface area contributed by atoms with Crippen LogP contribution in [0.15, 0.2) is 24.3 Å². The van der Waals surface area contributed by atoms with Gasteiger partial charge in [-0.25, -0.2) is 0 Å². The summed E-state index contributed by atoms with van der Waals surface area (Å²) in [6, 6.07) is 8.77. The van der Waals surface area contributed by atoms with Gasteiger partial charge in [-0.05, 0) is 23.0 Å². The average molecular weight is 234 g/mol. The van der Waals surface area contributed by atoms with Crippen LogP contribution in [0.25, 0.3) is 0 Å². The Labute approximate surface area is 104 Å². The van der Waals surface area contributed by atoms with E-state index in [-0.39, 0.29) is 5.41 Å². The molecule has 1 heterocycles. The lowest BCUT2D eigenvalue weighted by atomic mass is 9.82. The van der Waals surface area contributed by atoms with Crippen molar-refractivity contribution < 1.29 is 9.47 Å². The molecule has 0 aromatic heterocycles. The van der Waals surface area contributed by atoms with E-state index < -0.39 is 0 Å². The van der Waals surface area contributed by atoms with Gasteiger partial charge in [-0.1, -0.05) is 45.0 Å². The second-order valence-electron chi connectivity index (χ2n) is 5.40. The molecule has 0 N–H and O–H groups in total. The van der Waals surface area contributed by atoms with Crippen molar-refractivity contribution in [2.45, 2.75) is 45.3 Å². The van der Waals surface area contributed by atoms with Gasteiger partial charge < -0.3 is 9.47 Å². The number of ether oxygens (including phenoxy) is 2. The van der Waals surface area contributed by atoms with Crippen molar-refractivity contribution in [2.75, 3.05) is 13.2 Å². The molecule has 1 aromatic rings. The summed E-state index contributed by atoms with van der Waals surface area (Å²) in [6.07, 6.45) is 1.51. The third-order valence-electron chi connectivity index (χ3n) is 3.59. The monoisotopic (exact) mass is 234 g/mol. The zero-order valence-corrected chi connectivity index (χ0v) is 11.0. The summed E-state index contributed by atoms with van der Waals surface area (Å²) in [6.45, 7) is 9.07. The average Bonchev–Trinajstić information content (AvgIpc) is 3.14. The Morgan fingerprint density at radius 3 is 2.47 bits per heavy atom. The number of epoxide rings is 1. The zero-order valence-electron chi connectivity index (χ0n) is 11.0. The molecule has 0 saturated carbocycles. The molecule has 0 amide bonds. The summed E-state index contributed by atoms with van der Waals surface area (Å²) in [5.74, 6) is 0. The highest BCUT2D eigenvalue weighted by Gasteiger charge is 2.22. The molecule has 94 valence electrons. The first-order chi connectivity index (χ1) is 8.12. The van der Waals surface area contributed by atoms with E-state index in [0.717, 1.165) is 19.6 Å². The second kappa shape index (κ2) is 5.19. The summed E-state index contributed by atoms with van der Waals surface area (Å²) in [7, 11) is 0. The van der Waals surface area contributed by atoms with Gasteiger partial charge in [-0.3, -0.25) is 0 Å². The van der Waals surface area contributed by atoms with Crippen LogP contribution in [-0.2, 0) is 21.5 Å². The van der Waals surface area contributed by atoms with Gasteiger partial charge in [0.15, 0.2) is 0 Å². The largest absolute Gasteiger partial charge is 0.374 e. The first-order valence-corrected chi connectivity index (χ1v) is 6.40. The van der Waals surface area contributed by atoms with E-state index >= 15 is 0 Å². The van der Waals surface area contributed by atoms with Crippen LogP contribution in [-0.4, -0.2) is 19.3 Å². The highest BCUT2D eigenvalue weighted by Crippen LogP contribution is 2.26. The molecule has 0 radical (unpaired) electrons. The van der Waals surface area contributed by atoms with Gasteiger partial charge in [0.25, 0.3) is 0 Å². The minimum atomic E-state index is 0.265. The van der Waals surface area contributed by atoms with E-state index in [1.54, 1.807) is 0 Å². The molecule has 2 rings (SSSR count). The molecule has 1 fully saturated rings. The van der Waals surface area contributed by atoms with Crippen LogP contribution in [0.2, 0.25) is 0 Å². The summed E-state index contributed by atoms with van der Waals surface area (Å²) in [5, 5.41) is 0. The number of hydrogen-bond donors (Lipinski definition) is 0. The SMILES string of the molecule is CCC(C)(C)c1ccc(COCC2CO2)cc1. The molecule has 0 aliphatic carbocycles. The maximum atomic E-state index is 5.57. The van der Waals surface area contributed by atoms with Crippen molar-refractivity contribution in [1.29, 1.82) is 0 Å². The first-order valence-electron chi connectivity index (χ1n) is 6.40. The molecule has 1 aliphatic rings. The zero-order chi connectivity index (χ0) is 12.3. The molecule has 1 unspecified atom stereocenters. The molecule has 1 aromatic carbocycles. The number of benzene rings is 1. The van der Waals surface area contributed by atoms with Gasteiger partial charge in [0.05, 0.1) is 19.8 Å². The number of rotatable bonds is 6. The summed E-state index contributed by atoms with van der Waals surface area (Å²) < 4.78 is 10.7. The van der Waals surface area contributed by atoms with Crippen LogP contribution in [0.3, 0.4) is 0 Å². The maximum Gasteiger partial charge on any atom is 0.104 e. The molecule has 1 atom stereocenters. The summed E-state index contributed by atoms with van der Waals surface area (Å²) in [4.78, 5) is 0. The second-order valence-corrected chi connectivity index (χ2v) is 5.40. The summed E-state index contributed by atoms with van der Waals surface area (Å²) in [5.41, 5.74) is 2.90. The van der Waals surface area contributed by atoms with Crippen molar-refractivity contribution in [3.8, 4) is 0 Å². The molecular formula is C15H22O2. The van der Waals surface area contributed by atoms with Crippen molar-refractivity contribution >= 4 is 0 Å². The molecule has 2 nitrogen and oxygen atoms in total. The van der Waals surface area contributed by atoms with Crippen molar-refractivity contribution in [2.24, 2.45) is 0 Å². The molecule has 2 heteroatoms. The predicted molar refractivity (Wildman–Crippen MR) is 69.2 cm³/mol. The smallest absolute Gasteiger partial charge is 0.104 e. The van der Waals surface area contributed by atoms with Gasteiger partial charge in [0.2, 0.25) is 0 Å². The van der Waals surface area contributed by atoms with Gasteiger partial charge in [-0.2, -0.15) is 0 Å². The van der Waals surface area contributed by atoms with E-state index in [9.17, 15) is 0 Å². The quantitative estimate of drug-likeness (QED) is 0.704. The van der Waals surface area contributed by atoms with E-state index in [1.165, 1.54) is 11.1 Å². The van der Waals surface area contributed by atoms with E-state index in [1.807, 2.05) is 0 Å². The standard InChI is InChI=1S/C15H22O2/c1-4-15(2,3)13-7-5-12(6-8-13)9-16-10-14-11-17-14/h5-8,14H,4,9-11H2,1-3H3. The van der Waals surface area contributed by atoms with Crippen LogP contribution in [0.1, 0.15) is 38.3 Å². The lowest BCUT2D eigenvalue weighted by Gasteiger charge is -2.23. The molecule has 1 saturated heterocycles. The highest BCUT2D eigenvalue weighted by atomic mass is 16.6. The van der Waals surface area contributed by atoms with E-state index in [2.05, 4.69) is 45.0 Å². The van der Waals surface area contributed by atoms with Crippen LogP contribution in [0.4, 0.5) is 0 Å². The van der Waals surface area contributed by atoms with E-state index in [0.29, 0.717) is 12.7 Å². The van der Waals surface area contributed by atoms with Gasteiger partial charge in [0, 0.05) is 0 Å². The van der Waals surface area contributed by atoms with Crippen LogP contribution >= 0.6 is 0 Å². The topological polar surface area (TPSA) is 21.8 Å². The van der Waals surface area contributed by atoms with Crippen molar-refractivity contribution in [1.82, 2.24) is 0 Å². The van der Waals surface area contributed by atoms with Crippen molar-refractivity contribution in [3.63, 3.8) is 0 Å². The Bertz CT molecular complexity index is 350. The normalized spacial score (nSPS) is 19.4. The van der Waals surface area contributed by atoms with E-state index in [4.69, 9.17) is 9.47 Å². The Balaban J connectivity index is 1.87. The maximum absolute atomic E-state index is 5.57. The van der Waals surface area contributed by atoms with Gasteiger partial charge in [0.1, 0.15) is 6.10 Å². The molecular weight excluding hydrogens is 212 g/mol. The Hall–Kier alpha value is -0.860. The molecule has 0 spiro atoms. The van der Waals surface area contributed by atoms with Gasteiger partial charge >= 0.3 is 0 Å². The fourth-order valence-corrected chi connectivity index (χ4v) is 1.73. The predicted octanol–water partition coefficient (Wildman–Crippen LogP) is 3.29. The fourth-order valence-electron chi connectivity index (χ4n) is 1.73. The molecule has 17 heavy (non-hydrogen) atoms. The Morgan fingerprint density at radius 2 is 1.94 bits per heavy atom. The first kappa shape index (κ1) is 12.6. The minimum Gasteiger partial charge on any atom is -0.374 e. The van der Waals surface area contributed by atoms with Crippen LogP contribution in [0, 0.1) is 0 Å². The Morgan fingerprint density at radius 1 is 1.29 bits per heavy atom. The summed E-state index contributed by atoms with van der Waals surface area (Å²) >= 11 is 0. The Kier molecular flexibility index (Phi) is 3.85. The fraction of sp³-hybridized carbons (Fsp3) is 0.600. The van der Waals surface area contributed by atoms with Crippen LogP contribution < -0.4 is 0 Å². The molecule has 1 aliphatic heterocycles. The van der Waals surface area contributed by atoms with Crippen LogP contribution in [0.5, 0.6) is 0 Å². The lowest BCUT2D eigenvalue weighted by molar-refractivity contribution is 0.104. The minimum absolute atomic E-state index is 0.265.